The van der Waals surface area contributed by atoms with Crippen LogP contribution >= 0.6 is 0 Å². The van der Waals surface area contributed by atoms with E-state index in [1.54, 1.807) is 0 Å². The molecule has 86 valence electrons. The highest BCUT2D eigenvalue weighted by Crippen LogP contribution is 2.02. The summed E-state index contributed by atoms with van der Waals surface area (Å²) in [5.41, 5.74) is 2.23. The van der Waals surface area contributed by atoms with Crippen LogP contribution in [0.25, 0.3) is 0 Å². The maximum atomic E-state index is 4.32. The Labute approximate surface area is 97.4 Å². The molecule has 1 heterocycles. The van der Waals surface area contributed by atoms with Crippen molar-refractivity contribution in [3.05, 3.63) is 35.7 Å². The highest BCUT2D eigenvalue weighted by atomic mass is 14.8. The van der Waals surface area contributed by atoms with E-state index < -0.39 is 0 Å². The van der Waals surface area contributed by atoms with Crippen molar-refractivity contribution in [2.75, 3.05) is 13.1 Å². The van der Waals surface area contributed by atoms with E-state index in [9.17, 15) is 0 Å². The lowest BCUT2D eigenvalue weighted by Gasteiger charge is -2.02. The van der Waals surface area contributed by atoms with Gasteiger partial charge in [0.25, 0.3) is 0 Å². The summed E-state index contributed by atoms with van der Waals surface area (Å²) in [5, 5.41) is 3.23. The molecule has 0 atom stereocenters. The van der Waals surface area contributed by atoms with Gasteiger partial charge in [-0.15, -0.1) is 0 Å². The highest BCUT2D eigenvalue weighted by molar-refractivity contribution is 5.78. The van der Waals surface area contributed by atoms with Gasteiger partial charge in [-0.25, -0.2) is 0 Å². The molecule has 1 N–H and O–H groups in total. The fourth-order valence-corrected chi connectivity index (χ4v) is 1.33. The Morgan fingerprint density at radius 2 is 2.38 bits per heavy atom. The van der Waals surface area contributed by atoms with E-state index in [1.165, 1.54) is 0 Å². The van der Waals surface area contributed by atoms with Crippen molar-refractivity contribution in [3.63, 3.8) is 0 Å². The van der Waals surface area contributed by atoms with E-state index in [4.69, 9.17) is 0 Å². The van der Waals surface area contributed by atoms with E-state index in [1.807, 2.05) is 44.6 Å². The molecular formula is C13H19N3. The van der Waals surface area contributed by atoms with Crippen LogP contribution in [0.5, 0.6) is 0 Å². The van der Waals surface area contributed by atoms with Gasteiger partial charge in [-0.1, -0.05) is 6.08 Å². The number of hydrogen-bond acceptors (Lipinski definition) is 3. The number of nitrogens with one attached hydrogen (secondary N) is 1. The zero-order valence-electron chi connectivity index (χ0n) is 9.98. The topological polar surface area (TPSA) is 36.8 Å². The monoisotopic (exact) mass is 217 g/mol. The molecule has 0 aromatic rings. The molecule has 0 radical (unpaired) electrons. The second kappa shape index (κ2) is 7.63. The zero-order valence-corrected chi connectivity index (χ0v) is 9.98. The quantitative estimate of drug-likeness (QED) is 0.673. The van der Waals surface area contributed by atoms with Crippen molar-refractivity contribution >= 4 is 12.4 Å². The van der Waals surface area contributed by atoms with E-state index >= 15 is 0 Å². The first-order valence-electron chi connectivity index (χ1n) is 5.57. The van der Waals surface area contributed by atoms with Crippen molar-refractivity contribution in [2.45, 2.75) is 20.3 Å². The van der Waals surface area contributed by atoms with E-state index in [2.05, 4.69) is 21.4 Å². The van der Waals surface area contributed by atoms with E-state index in [0.717, 1.165) is 24.2 Å². The molecule has 0 saturated carbocycles. The van der Waals surface area contributed by atoms with Gasteiger partial charge in [-0.3, -0.25) is 9.98 Å². The Balaban J connectivity index is 2.71. The van der Waals surface area contributed by atoms with Crippen LogP contribution in [-0.4, -0.2) is 25.5 Å². The van der Waals surface area contributed by atoms with Gasteiger partial charge in [-0.05, 0) is 37.8 Å². The van der Waals surface area contributed by atoms with Crippen LogP contribution in [0.4, 0.5) is 0 Å². The standard InChI is InChI=1S/C13H19N3/c1-3-16-13-6-9-14-8-4-5-12(2)11-15-10-7-13/h3-5,7-8,11,14H,6,9-10H2,1-2H3/b8-4+,12-5-,13-7+,15-11?,16-3?. The molecule has 0 unspecified atom stereocenters. The van der Waals surface area contributed by atoms with Crippen LogP contribution in [0, 0.1) is 0 Å². The Morgan fingerprint density at radius 1 is 1.50 bits per heavy atom. The van der Waals surface area contributed by atoms with Crippen molar-refractivity contribution in [1.82, 2.24) is 5.32 Å². The first-order chi connectivity index (χ1) is 7.83. The lowest BCUT2D eigenvalue weighted by Crippen LogP contribution is -2.07. The maximum Gasteiger partial charge on any atom is 0.0590 e. The van der Waals surface area contributed by atoms with Crippen molar-refractivity contribution in [1.29, 1.82) is 0 Å². The number of rotatable bonds is 1. The number of hydrogen-bond donors (Lipinski definition) is 1. The second-order valence-corrected chi connectivity index (χ2v) is 3.55. The summed E-state index contributed by atoms with van der Waals surface area (Å²) in [6.07, 6.45) is 12.7. The predicted octanol–water partition coefficient (Wildman–Crippen LogP) is 2.49. The van der Waals surface area contributed by atoms with Crippen LogP contribution in [0.3, 0.4) is 0 Å². The SMILES string of the molecule is CC=N/C1=C/CN=C/C(C)=C\C=C\NCC1. The summed E-state index contributed by atoms with van der Waals surface area (Å²) in [4.78, 5) is 8.63. The smallest absolute Gasteiger partial charge is 0.0590 e. The third-order valence-corrected chi connectivity index (χ3v) is 2.12. The first-order valence-corrected chi connectivity index (χ1v) is 5.57. The van der Waals surface area contributed by atoms with Gasteiger partial charge in [0, 0.05) is 31.1 Å². The third-order valence-electron chi connectivity index (χ3n) is 2.12. The summed E-state index contributed by atoms with van der Waals surface area (Å²) in [6, 6.07) is 0. The fraction of sp³-hybridized carbons (Fsp3) is 0.385. The van der Waals surface area contributed by atoms with Gasteiger partial charge < -0.3 is 5.32 Å². The van der Waals surface area contributed by atoms with Crippen LogP contribution < -0.4 is 5.32 Å². The molecule has 0 bridgehead atoms. The van der Waals surface area contributed by atoms with Gasteiger partial charge in [0.05, 0.1) is 6.54 Å². The minimum Gasteiger partial charge on any atom is -0.391 e. The summed E-state index contributed by atoms with van der Waals surface area (Å²) in [7, 11) is 0. The van der Waals surface area contributed by atoms with Gasteiger partial charge in [0.1, 0.15) is 0 Å². The minimum atomic E-state index is 0.696. The molecule has 0 amide bonds. The normalized spacial score (nSPS) is 26.9. The van der Waals surface area contributed by atoms with Crippen LogP contribution in [0.15, 0.2) is 45.7 Å². The molecule has 0 saturated heterocycles. The average molecular weight is 217 g/mol. The summed E-state index contributed by atoms with van der Waals surface area (Å²) >= 11 is 0. The van der Waals surface area contributed by atoms with Gasteiger partial charge in [0.15, 0.2) is 0 Å². The zero-order chi connectivity index (χ0) is 11.6. The number of allylic oxidation sites excluding steroid dienone is 3. The van der Waals surface area contributed by atoms with E-state index in [0.29, 0.717) is 6.54 Å². The van der Waals surface area contributed by atoms with Crippen molar-refractivity contribution in [2.24, 2.45) is 9.98 Å². The molecule has 0 aromatic heterocycles. The molecule has 3 nitrogen and oxygen atoms in total. The molecule has 3 heteroatoms. The Hall–Kier alpha value is -1.64. The average Bonchev–Trinajstić information content (AvgIpc) is 2.26. The summed E-state index contributed by atoms with van der Waals surface area (Å²) in [6.45, 7) is 5.56. The van der Waals surface area contributed by atoms with Crippen LogP contribution in [0.2, 0.25) is 0 Å². The predicted molar refractivity (Wildman–Crippen MR) is 71.1 cm³/mol. The molecule has 1 aliphatic rings. The lowest BCUT2D eigenvalue weighted by atomic mass is 10.2. The summed E-state index contributed by atoms with van der Waals surface area (Å²) in [5.74, 6) is 0. The largest absolute Gasteiger partial charge is 0.391 e. The number of nitrogens with zero attached hydrogens (tertiary/aromatic N) is 2. The van der Waals surface area contributed by atoms with E-state index in [-0.39, 0.29) is 0 Å². The van der Waals surface area contributed by atoms with Crippen LogP contribution in [0.1, 0.15) is 20.3 Å². The maximum absolute atomic E-state index is 4.32. The van der Waals surface area contributed by atoms with Crippen LogP contribution in [-0.2, 0) is 0 Å². The first kappa shape index (κ1) is 12.4. The van der Waals surface area contributed by atoms with Crippen molar-refractivity contribution in [3.8, 4) is 0 Å². The third kappa shape index (κ3) is 5.29. The Bertz CT molecular complexity index is 346. The fourth-order valence-electron chi connectivity index (χ4n) is 1.33. The van der Waals surface area contributed by atoms with Gasteiger partial charge in [0.2, 0.25) is 0 Å². The molecular weight excluding hydrogens is 198 g/mol. The molecule has 1 rings (SSSR count). The molecule has 0 aromatic carbocycles. The highest BCUT2D eigenvalue weighted by Gasteiger charge is 1.93. The van der Waals surface area contributed by atoms with Crippen molar-refractivity contribution < 1.29 is 0 Å². The molecule has 0 spiro atoms. The molecule has 16 heavy (non-hydrogen) atoms. The van der Waals surface area contributed by atoms with Gasteiger partial charge in [-0.2, -0.15) is 0 Å². The molecule has 0 aliphatic carbocycles. The Kier molecular flexibility index (Phi) is 5.92. The van der Waals surface area contributed by atoms with Gasteiger partial charge >= 0.3 is 0 Å². The number of aliphatic imine (C=N–C) groups is 2. The minimum absolute atomic E-state index is 0.696. The summed E-state index contributed by atoms with van der Waals surface area (Å²) < 4.78 is 0. The second-order valence-electron chi connectivity index (χ2n) is 3.55. The Morgan fingerprint density at radius 3 is 3.19 bits per heavy atom. The lowest BCUT2D eigenvalue weighted by molar-refractivity contribution is 0.815. The molecule has 1 aliphatic heterocycles. The molecule has 0 fully saturated rings.